The summed E-state index contributed by atoms with van der Waals surface area (Å²) in [6.45, 7) is 9.65. The van der Waals surface area contributed by atoms with Crippen molar-refractivity contribution >= 4 is 11.6 Å². The van der Waals surface area contributed by atoms with E-state index in [0.717, 1.165) is 37.9 Å². The molecule has 3 N–H and O–H groups in total. The molecular weight excluding hydrogens is 254 g/mol. The van der Waals surface area contributed by atoms with Gasteiger partial charge in [-0.05, 0) is 7.05 Å². The van der Waals surface area contributed by atoms with E-state index in [1.165, 1.54) is 0 Å². The summed E-state index contributed by atoms with van der Waals surface area (Å²) in [4.78, 5) is 11.1. The minimum atomic E-state index is -0.118. The van der Waals surface area contributed by atoms with E-state index in [4.69, 9.17) is 10.5 Å². The number of nitrogens with one attached hydrogen (secondary N) is 1. The number of hydrogen-bond donors (Lipinski definition) is 2. The highest BCUT2D eigenvalue weighted by atomic mass is 16.5. The lowest BCUT2D eigenvalue weighted by Crippen LogP contribution is -2.43. The molecule has 20 heavy (non-hydrogen) atoms. The molecule has 1 aliphatic heterocycles. The van der Waals surface area contributed by atoms with Gasteiger partial charge in [-0.15, -0.1) is 0 Å². The van der Waals surface area contributed by atoms with Crippen LogP contribution in [0.5, 0.6) is 0 Å². The molecule has 0 aromatic carbocycles. The van der Waals surface area contributed by atoms with Crippen LogP contribution < -0.4 is 11.1 Å². The first-order valence-electron chi connectivity index (χ1n) is 7.03. The third-order valence-corrected chi connectivity index (χ3v) is 3.27. The van der Waals surface area contributed by atoms with E-state index < -0.39 is 0 Å². The van der Waals surface area contributed by atoms with Gasteiger partial charge in [0.25, 0.3) is 0 Å². The molecule has 6 nitrogen and oxygen atoms in total. The number of morpholine rings is 1. The number of hydrogen-bond acceptors (Lipinski definition) is 6. The first-order valence-corrected chi connectivity index (χ1v) is 7.03. The van der Waals surface area contributed by atoms with Gasteiger partial charge in [0.05, 0.1) is 12.7 Å². The van der Waals surface area contributed by atoms with Gasteiger partial charge in [0.15, 0.2) is 0 Å². The quantitative estimate of drug-likeness (QED) is 0.863. The lowest BCUT2D eigenvalue weighted by molar-refractivity contribution is -0.0117. The molecule has 0 aliphatic carbocycles. The molecule has 112 valence electrons. The van der Waals surface area contributed by atoms with E-state index >= 15 is 0 Å². The molecule has 1 aromatic rings. The summed E-state index contributed by atoms with van der Waals surface area (Å²) in [6, 6.07) is 1.77. The fourth-order valence-electron chi connectivity index (χ4n) is 2.10. The molecule has 1 saturated heterocycles. The second-order valence-electron chi connectivity index (χ2n) is 6.39. The van der Waals surface area contributed by atoms with E-state index in [9.17, 15) is 0 Å². The lowest BCUT2D eigenvalue weighted by Gasteiger charge is -2.30. The Hall–Kier alpha value is -1.40. The Bertz CT molecular complexity index is 457. The third kappa shape index (κ3) is 4.05. The Morgan fingerprint density at radius 1 is 1.45 bits per heavy atom. The highest BCUT2D eigenvalue weighted by Gasteiger charge is 2.20. The van der Waals surface area contributed by atoms with Gasteiger partial charge in [0.2, 0.25) is 0 Å². The van der Waals surface area contributed by atoms with Crippen molar-refractivity contribution in [2.24, 2.45) is 0 Å². The van der Waals surface area contributed by atoms with Gasteiger partial charge in [-0.2, -0.15) is 0 Å². The summed E-state index contributed by atoms with van der Waals surface area (Å²) in [5.41, 5.74) is 5.74. The zero-order valence-corrected chi connectivity index (χ0v) is 12.8. The number of anilines is 2. The molecule has 1 atom stereocenters. The Morgan fingerprint density at radius 2 is 2.20 bits per heavy atom. The minimum Gasteiger partial charge on any atom is -0.384 e. The van der Waals surface area contributed by atoms with E-state index in [2.05, 4.69) is 48.0 Å². The van der Waals surface area contributed by atoms with Crippen LogP contribution >= 0.6 is 0 Å². The molecule has 1 aromatic heterocycles. The van der Waals surface area contributed by atoms with Gasteiger partial charge in [-0.3, -0.25) is 0 Å². The van der Waals surface area contributed by atoms with Gasteiger partial charge in [-0.1, -0.05) is 20.8 Å². The monoisotopic (exact) mass is 279 g/mol. The lowest BCUT2D eigenvalue weighted by atomic mass is 9.96. The maximum absolute atomic E-state index is 5.86. The largest absolute Gasteiger partial charge is 0.384 e. The standard InChI is InChI=1S/C14H25N5O/c1-14(2,3)13-17-11(15)7-12(18-13)16-8-10-9-19(4)5-6-20-10/h7,10H,5-6,8-9H2,1-4H3,(H3,15,16,17,18). The normalized spacial score (nSPS) is 20.9. The Balaban J connectivity index is 2.00. The molecule has 0 spiro atoms. The summed E-state index contributed by atoms with van der Waals surface area (Å²) < 4.78 is 5.72. The van der Waals surface area contributed by atoms with Crippen molar-refractivity contribution < 1.29 is 4.74 Å². The number of nitrogens with two attached hydrogens (primary N) is 1. The van der Waals surface area contributed by atoms with Crippen molar-refractivity contribution in [3.8, 4) is 0 Å². The molecule has 0 amide bonds. The van der Waals surface area contributed by atoms with Crippen LogP contribution in [0.25, 0.3) is 0 Å². The smallest absolute Gasteiger partial charge is 0.138 e. The minimum absolute atomic E-state index is 0.118. The molecule has 1 fully saturated rings. The van der Waals surface area contributed by atoms with Crippen molar-refractivity contribution in [2.75, 3.05) is 44.3 Å². The van der Waals surface area contributed by atoms with Crippen LogP contribution in [-0.4, -0.2) is 54.3 Å². The van der Waals surface area contributed by atoms with Gasteiger partial charge in [0.1, 0.15) is 17.5 Å². The molecule has 6 heteroatoms. The molecule has 1 unspecified atom stereocenters. The van der Waals surface area contributed by atoms with Crippen LogP contribution in [0.2, 0.25) is 0 Å². The predicted octanol–water partition coefficient (Wildman–Crippen LogP) is 1.10. The summed E-state index contributed by atoms with van der Waals surface area (Å²) in [5, 5.41) is 3.31. The first kappa shape index (κ1) is 15.0. The van der Waals surface area contributed by atoms with Crippen LogP contribution in [0.3, 0.4) is 0 Å². The second kappa shape index (κ2) is 5.93. The summed E-state index contributed by atoms with van der Waals surface area (Å²) in [7, 11) is 2.11. The molecule has 0 bridgehead atoms. The zero-order chi connectivity index (χ0) is 14.8. The Kier molecular flexibility index (Phi) is 4.45. The molecule has 1 aliphatic rings. The maximum Gasteiger partial charge on any atom is 0.138 e. The fraction of sp³-hybridized carbons (Fsp3) is 0.714. The SMILES string of the molecule is CN1CCOC(CNc2cc(N)nc(C(C)(C)C)n2)C1. The van der Waals surface area contributed by atoms with Crippen LogP contribution in [0.4, 0.5) is 11.6 Å². The third-order valence-electron chi connectivity index (χ3n) is 3.27. The highest BCUT2D eigenvalue weighted by molar-refractivity contribution is 5.45. The maximum atomic E-state index is 5.86. The molecule has 0 radical (unpaired) electrons. The van der Waals surface area contributed by atoms with Gasteiger partial charge >= 0.3 is 0 Å². The van der Waals surface area contributed by atoms with Crippen molar-refractivity contribution in [1.82, 2.24) is 14.9 Å². The van der Waals surface area contributed by atoms with E-state index in [0.29, 0.717) is 5.82 Å². The number of likely N-dealkylation sites (N-methyl/N-ethyl adjacent to an activating group) is 1. The summed E-state index contributed by atoms with van der Waals surface area (Å²) >= 11 is 0. The van der Waals surface area contributed by atoms with Crippen LogP contribution in [0, 0.1) is 0 Å². The number of aromatic nitrogens is 2. The number of nitrogens with zero attached hydrogens (tertiary/aromatic N) is 3. The molecule has 0 saturated carbocycles. The molecule has 2 heterocycles. The molecule has 2 rings (SSSR count). The van der Waals surface area contributed by atoms with E-state index in [-0.39, 0.29) is 11.5 Å². The zero-order valence-electron chi connectivity index (χ0n) is 12.8. The number of ether oxygens (including phenoxy) is 1. The van der Waals surface area contributed by atoms with Crippen molar-refractivity contribution in [3.05, 3.63) is 11.9 Å². The van der Waals surface area contributed by atoms with Gasteiger partial charge in [0, 0.05) is 31.1 Å². The van der Waals surface area contributed by atoms with Gasteiger partial charge in [-0.25, -0.2) is 9.97 Å². The Labute approximate surface area is 120 Å². The fourth-order valence-corrected chi connectivity index (χ4v) is 2.10. The van der Waals surface area contributed by atoms with Crippen LogP contribution in [-0.2, 0) is 10.2 Å². The van der Waals surface area contributed by atoms with Crippen LogP contribution in [0.1, 0.15) is 26.6 Å². The average Bonchev–Trinajstić information content (AvgIpc) is 2.35. The number of nitrogen functional groups attached to an aromatic ring is 1. The molecular formula is C14H25N5O. The topological polar surface area (TPSA) is 76.3 Å². The van der Waals surface area contributed by atoms with Crippen molar-refractivity contribution in [2.45, 2.75) is 32.3 Å². The van der Waals surface area contributed by atoms with E-state index in [1.807, 2.05) is 0 Å². The Morgan fingerprint density at radius 3 is 2.85 bits per heavy atom. The predicted molar refractivity (Wildman–Crippen MR) is 80.9 cm³/mol. The average molecular weight is 279 g/mol. The van der Waals surface area contributed by atoms with Crippen LogP contribution in [0.15, 0.2) is 6.07 Å². The summed E-state index contributed by atoms with van der Waals surface area (Å²) in [5.74, 6) is 2.01. The summed E-state index contributed by atoms with van der Waals surface area (Å²) in [6.07, 6.45) is 0.183. The van der Waals surface area contributed by atoms with E-state index in [1.54, 1.807) is 6.07 Å². The highest BCUT2D eigenvalue weighted by Crippen LogP contribution is 2.21. The second-order valence-corrected chi connectivity index (χ2v) is 6.39. The van der Waals surface area contributed by atoms with Gasteiger partial charge < -0.3 is 20.7 Å². The van der Waals surface area contributed by atoms with Crippen molar-refractivity contribution in [1.29, 1.82) is 0 Å². The number of rotatable bonds is 3. The first-order chi connectivity index (χ1) is 9.34. The van der Waals surface area contributed by atoms with Crippen molar-refractivity contribution in [3.63, 3.8) is 0 Å².